The fourth-order valence-corrected chi connectivity index (χ4v) is 3.13. The summed E-state index contributed by atoms with van der Waals surface area (Å²) in [6.07, 6.45) is 3.70. The van der Waals surface area contributed by atoms with Crippen LogP contribution < -0.4 is 9.80 Å². The Bertz CT molecular complexity index is 510. The van der Waals surface area contributed by atoms with Gasteiger partial charge in [0.05, 0.1) is 13.2 Å². The topological polar surface area (TPSA) is 32.8 Å². The molecule has 0 N–H and O–H groups in total. The van der Waals surface area contributed by atoms with Crippen LogP contribution in [0.4, 0.5) is 11.4 Å². The van der Waals surface area contributed by atoms with Gasteiger partial charge in [0.25, 0.3) is 0 Å². The molecule has 1 fully saturated rings. The summed E-state index contributed by atoms with van der Waals surface area (Å²) in [5, 5.41) is 0. The fraction of sp³-hybridized carbons (Fsp3) is 0.588. The van der Waals surface area contributed by atoms with Gasteiger partial charge >= 0.3 is 0 Å². The zero-order valence-corrected chi connectivity index (χ0v) is 12.8. The standard InChI is InChI=1S/C17H24N2O2/c1-2-3-4-17(20)19-8-7-14-13-15(5-6-16(14)19)18-9-11-21-12-10-18/h5-6,13H,2-4,7-12H2,1H3. The number of carbonyl (C=O) groups excluding carboxylic acids is 1. The second-order valence-corrected chi connectivity index (χ2v) is 5.81. The molecular formula is C17H24N2O2. The predicted octanol–water partition coefficient (Wildman–Crippen LogP) is 2.60. The van der Waals surface area contributed by atoms with Crippen LogP contribution in [0.5, 0.6) is 0 Å². The largest absolute Gasteiger partial charge is 0.378 e. The van der Waals surface area contributed by atoms with Gasteiger partial charge in [-0.15, -0.1) is 0 Å². The molecule has 0 aliphatic carbocycles. The van der Waals surface area contributed by atoms with Crippen molar-refractivity contribution in [2.24, 2.45) is 0 Å². The van der Waals surface area contributed by atoms with Gasteiger partial charge in [0.15, 0.2) is 0 Å². The molecule has 0 radical (unpaired) electrons. The Morgan fingerprint density at radius 3 is 2.81 bits per heavy atom. The molecule has 2 heterocycles. The maximum Gasteiger partial charge on any atom is 0.226 e. The van der Waals surface area contributed by atoms with Crippen LogP contribution in [0.25, 0.3) is 0 Å². The highest BCUT2D eigenvalue weighted by molar-refractivity contribution is 5.95. The molecule has 0 aromatic heterocycles. The zero-order valence-electron chi connectivity index (χ0n) is 12.8. The van der Waals surface area contributed by atoms with E-state index >= 15 is 0 Å². The summed E-state index contributed by atoms with van der Waals surface area (Å²) in [4.78, 5) is 16.6. The molecular weight excluding hydrogens is 264 g/mol. The SMILES string of the molecule is CCCCC(=O)N1CCc2cc(N3CCOCC3)ccc21. The summed E-state index contributed by atoms with van der Waals surface area (Å²) in [7, 11) is 0. The number of hydrogen-bond donors (Lipinski definition) is 0. The summed E-state index contributed by atoms with van der Waals surface area (Å²) >= 11 is 0. The highest BCUT2D eigenvalue weighted by atomic mass is 16.5. The molecule has 0 spiro atoms. The maximum absolute atomic E-state index is 12.3. The van der Waals surface area contributed by atoms with E-state index < -0.39 is 0 Å². The van der Waals surface area contributed by atoms with Gasteiger partial charge in [0, 0.05) is 37.4 Å². The van der Waals surface area contributed by atoms with Gasteiger partial charge < -0.3 is 14.5 Å². The number of rotatable bonds is 4. The number of nitrogens with zero attached hydrogens (tertiary/aromatic N) is 2. The van der Waals surface area contributed by atoms with Gasteiger partial charge in [-0.3, -0.25) is 4.79 Å². The quantitative estimate of drug-likeness (QED) is 0.854. The van der Waals surface area contributed by atoms with Crippen molar-refractivity contribution in [2.45, 2.75) is 32.6 Å². The molecule has 1 aromatic rings. The van der Waals surface area contributed by atoms with Crippen molar-refractivity contribution in [1.82, 2.24) is 0 Å². The van der Waals surface area contributed by atoms with E-state index in [1.807, 2.05) is 4.90 Å². The molecule has 2 aliphatic rings. The Morgan fingerprint density at radius 1 is 1.24 bits per heavy atom. The van der Waals surface area contributed by atoms with Crippen molar-refractivity contribution < 1.29 is 9.53 Å². The Balaban J connectivity index is 1.73. The number of carbonyl (C=O) groups is 1. The Kier molecular flexibility index (Phi) is 4.44. The van der Waals surface area contributed by atoms with Gasteiger partial charge in [-0.2, -0.15) is 0 Å². The van der Waals surface area contributed by atoms with E-state index in [-0.39, 0.29) is 5.91 Å². The third-order valence-electron chi connectivity index (χ3n) is 4.38. The van der Waals surface area contributed by atoms with Crippen molar-refractivity contribution >= 4 is 17.3 Å². The summed E-state index contributed by atoms with van der Waals surface area (Å²) in [6, 6.07) is 6.53. The molecule has 0 atom stereocenters. The van der Waals surface area contributed by atoms with E-state index in [0.717, 1.165) is 57.8 Å². The van der Waals surface area contributed by atoms with E-state index in [1.165, 1.54) is 11.3 Å². The number of benzene rings is 1. The van der Waals surface area contributed by atoms with Crippen molar-refractivity contribution in [1.29, 1.82) is 0 Å². The van der Waals surface area contributed by atoms with Crippen LogP contribution in [-0.2, 0) is 16.0 Å². The number of unbranched alkanes of at least 4 members (excludes halogenated alkanes) is 1. The minimum atomic E-state index is 0.273. The average molecular weight is 288 g/mol. The van der Waals surface area contributed by atoms with Crippen LogP contribution in [-0.4, -0.2) is 38.8 Å². The molecule has 0 unspecified atom stereocenters. The van der Waals surface area contributed by atoms with Gasteiger partial charge in [-0.05, 0) is 36.6 Å². The van der Waals surface area contributed by atoms with Crippen molar-refractivity contribution in [2.75, 3.05) is 42.6 Å². The van der Waals surface area contributed by atoms with Crippen LogP contribution in [0.1, 0.15) is 31.7 Å². The lowest BCUT2D eigenvalue weighted by Crippen LogP contribution is -2.36. The first-order valence-electron chi connectivity index (χ1n) is 8.05. The second kappa shape index (κ2) is 6.48. The van der Waals surface area contributed by atoms with E-state index in [0.29, 0.717) is 6.42 Å². The highest BCUT2D eigenvalue weighted by Gasteiger charge is 2.25. The van der Waals surface area contributed by atoms with Crippen LogP contribution in [0.2, 0.25) is 0 Å². The molecule has 1 aromatic carbocycles. The Labute approximate surface area is 126 Å². The molecule has 1 saturated heterocycles. The molecule has 2 aliphatic heterocycles. The normalized spacial score (nSPS) is 18.0. The first kappa shape index (κ1) is 14.4. The fourth-order valence-electron chi connectivity index (χ4n) is 3.13. The lowest BCUT2D eigenvalue weighted by molar-refractivity contribution is -0.118. The molecule has 4 heteroatoms. The van der Waals surface area contributed by atoms with E-state index in [2.05, 4.69) is 30.0 Å². The third kappa shape index (κ3) is 3.05. The van der Waals surface area contributed by atoms with Crippen LogP contribution in [0.15, 0.2) is 18.2 Å². The van der Waals surface area contributed by atoms with Gasteiger partial charge in [0.2, 0.25) is 5.91 Å². The predicted molar refractivity (Wildman–Crippen MR) is 85.1 cm³/mol. The van der Waals surface area contributed by atoms with Gasteiger partial charge in [-0.25, -0.2) is 0 Å². The minimum absolute atomic E-state index is 0.273. The molecule has 4 nitrogen and oxygen atoms in total. The monoisotopic (exact) mass is 288 g/mol. The number of amides is 1. The minimum Gasteiger partial charge on any atom is -0.378 e. The van der Waals surface area contributed by atoms with Crippen LogP contribution >= 0.6 is 0 Å². The molecule has 0 saturated carbocycles. The summed E-state index contributed by atoms with van der Waals surface area (Å²) in [6.45, 7) is 6.48. The summed E-state index contributed by atoms with van der Waals surface area (Å²) in [5.74, 6) is 0.273. The number of anilines is 2. The summed E-state index contributed by atoms with van der Waals surface area (Å²) < 4.78 is 5.41. The van der Waals surface area contributed by atoms with Crippen molar-refractivity contribution in [3.8, 4) is 0 Å². The van der Waals surface area contributed by atoms with Crippen molar-refractivity contribution in [3.63, 3.8) is 0 Å². The van der Waals surface area contributed by atoms with E-state index in [9.17, 15) is 4.79 Å². The van der Waals surface area contributed by atoms with Crippen molar-refractivity contribution in [3.05, 3.63) is 23.8 Å². The smallest absolute Gasteiger partial charge is 0.226 e. The molecule has 3 rings (SSSR count). The van der Waals surface area contributed by atoms with E-state index in [4.69, 9.17) is 4.74 Å². The van der Waals surface area contributed by atoms with Gasteiger partial charge in [0.1, 0.15) is 0 Å². The first-order valence-corrected chi connectivity index (χ1v) is 8.05. The van der Waals surface area contributed by atoms with E-state index in [1.54, 1.807) is 0 Å². The van der Waals surface area contributed by atoms with Crippen LogP contribution in [0, 0.1) is 0 Å². The number of hydrogen-bond acceptors (Lipinski definition) is 3. The molecule has 114 valence electrons. The Morgan fingerprint density at radius 2 is 2.05 bits per heavy atom. The van der Waals surface area contributed by atoms with Gasteiger partial charge in [-0.1, -0.05) is 13.3 Å². The molecule has 0 bridgehead atoms. The number of fused-ring (bicyclic) bond motifs is 1. The summed E-state index contributed by atoms with van der Waals surface area (Å²) in [5.41, 5.74) is 3.69. The van der Waals surface area contributed by atoms with Crippen LogP contribution in [0.3, 0.4) is 0 Å². The lowest BCUT2D eigenvalue weighted by Gasteiger charge is -2.29. The lowest BCUT2D eigenvalue weighted by atomic mass is 10.1. The molecule has 1 amide bonds. The maximum atomic E-state index is 12.3. The zero-order chi connectivity index (χ0) is 14.7. The first-order chi connectivity index (χ1) is 10.3. The number of ether oxygens (including phenoxy) is 1. The highest BCUT2D eigenvalue weighted by Crippen LogP contribution is 2.32. The Hall–Kier alpha value is -1.55. The molecule has 21 heavy (non-hydrogen) atoms. The average Bonchev–Trinajstić information content (AvgIpc) is 2.96. The second-order valence-electron chi connectivity index (χ2n) is 5.81. The number of morpholine rings is 1. The third-order valence-corrected chi connectivity index (χ3v) is 4.38.